The molecule has 0 aliphatic rings. The number of hydrogen-bond donors (Lipinski definition) is 3. The molecule has 0 saturated heterocycles. The first-order valence-corrected chi connectivity index (χ1v) is 10.8. The van der Waals surface area contributed by atoms with Gasteiger partial charge >= 0.3 is 6.18 Å². The van der Waals surface area contributed by atoms with Crippen molar-refractivity contribution in [3.63, 3.8) is 0 Å². The Hall–Kier alpha value is -2.70. The number of ether oxygens (including phenoxy) is 1. The minimum atomic E-state index is -4.73. The van der Waals surface area contributed by atoms with Crippen molar-refractivity contribution in [3.05, 3.63) is 44.9 Å². The molecule has 7 nitrogen and oxygen atoms in total. The van der Waals surface area contributed by atoms with E-state index in [-0.39, 0.29) is 28.0 Å². The standard InChI is InChI=1S/C20H19ClF4N4O3S/c1-4-15-13(7-30)26-19(33-15)10-6-14(32-9(3)20(23,24)25)11(5-12(10)22)18(31)27-16-8(2)28-29-17(16)21/h5-6,9,30H,4,7H2,1-3H3,(H,27,31)(H,28,29)/t9-/m0/s1. The monoisotopic (exact) mass is 506 g/mol. The number of alkyl halides is 3. The van der Waals surface area contributed by atoms with E-state index in [9.17, 15) is 23.1 Å². The Morgan fingerprint density at radius 2 is 2.09 bits per heavy atom. The highest BCUT2D eigenvalue weighted by Crippen LogP contribution is 2.37. The first kappa shape index (κ1) is 24.9. The summed E-state index contributed by atoms with van der Waals surface area (Å²) >= 11 is 6.99. The zero-order valence-corrected chi connectivity index (χ0v) is 19.2. The van der Waals surface area contributed by atoms with E-state index < -0.39 is 35.3 Å². The van der Waals surface area contributed by atoms with Crippen LogP contribution in [-0.4, -0.2) is 38.5 Å². The van der Waals surface area contributed by atoms with Gasteiger partial charge in [0, 0.05) is 10.4 Å². The van der Waals surface area contributed by atoms with Gasteiger partial charge in [0.2, 0.25) is 0 Å². The lowest BCUT2D eigenvalue weighted by molar-refractivity contribution is -0.189. The summed E-state index contributed by atoms with van der Waals surface area (Å²) < 4.78 is 59.6. The summed E-state index contributed by atoms with van der Waals surface area (Å²) in [4.78, 5) is 17.7. The molecule has 1 aromatic carbocycles. The lowest BCUT2D eigenvalue weighted by atomic mass is 10.1. The molecule has 13 heteroatoms. The number of anilines is 1. The quantitative estimate of drug-likeness (QED) is 0.379. The summed E-state index contributed by atoms with van der Waals surface area (Å²) in [5.74, 6) is -2.34. The molecule has 0 unspecified atom stereocenters. The second-order valence-electron chi connectivity index (χ2n) is 7.00. The van der Waals surface area contributed by atoms with Gasteiger partial charge in [0.05, 0.1) is 23.6 Å². The van der Waals surface area contributed by atoms with E-state index in [4.69, 9.17) is 16.3 Å². The number of halogens is 5. The normalized spacial score (nSPS) is 12.6. The largest absolute Gasteiger partial charge is 0.480 e. The van der Waals surface area contributed by atoms with Gasteiger partial charge in [-0.2, -0.15) is 18.3 Å². The van der Waals surface area contributed by atoms with Crippen LogP contribution >= 0.6 is 22.9 Å². The third kappa shape index (κ3) is 5.28. The van der Waals surface area contributed by atoms with Gasteiger partial charge in [0.15, 0.2) is 11.3 Å². The van der Waals surface area contributed by atoms with Crippen LogP contribution < -0.4 is 10.1 Å². The highest BCUT2D eigenvalue weighted by molar-refractivity contribution is 7.15. The molecule has 3 aromatic rings. The Labute approximate surface area is 194 Å². The van der Waals surface area contributed by atoms with Crippen molar-refractivity contribution in [2.75, 3.05) is 5.32 Å². The molecular weight excluding hydrogens is 488 g/mol. The molecule has 33 heavy (non-hydrogen) atoms. The van der Waals surface area contributed by atoms with Crippen molar-refractivity contribution in [1.29, 1.82) is 0 Å². The number of nitrogens with zero attached hydrogens (tertiary/aromatic N) is 2. The number of hydrogen-bond acceptors (Lipinski definition) is 6. The lowest BCUT2D eigenvalue weighted by Gasteiger charge is -2.20. The highest BCUT2D eigenvalue weighted by Gasteiger charge is 2.39. The Morgan fingerprint density at radius 3 is 2.61 bits per heavy atom. The average Bonchev–Trinajstić information content (AvgIpc) is 3.31. The van der Waals surface area contributed by atoms with Crippen LogP contribution in [0.25, 0.3) is 10.6 Å². The van der Waals surface area contributed by atoms with Crippen LogP contribution in [0.1, 0.15) is 40.5 Å². The number of aromatic amines is 1. The maximum atomic E-state index is 15.0. The Bertz CT molecular complexity index is 1140. The summed E-state index contributed by atoms with van der Waals surface area (Å²) in [7, 11) is 0. The second-order valence-corrected chi connectivity index (χ2v) is 8.44. The molecule has 2 aromatic heterocycles. The maximum Gasteiger partial charge on any atom is 0.425 e. The van der Waals surface area contributed by atoms with Crippen LogP contribution in [0.5, 0.6) is 5.75 Å². The summed E-state index contributed by atoms with van der Waals surface area (Å²) in [6.07, 6.45) is -6.49. The van der Waals surface area contributed by atoms with Crippen LogP contribution in [0, 0.1) is 12.7 Å². The Balaban J connectivity index is 2.09. The fourth-order valence-corrected chi connectivity index (χ4v) is 4.13. The van der Waals surface area contributed by atoms with Crippen LogP contribution in [0.3, 0.4) is 0 Å². The highest BCUT2D eigenvalue weighted by atomic mass is 35.5. The predicted octanol–water partition coefficient (Wildman–Crippen LogP) is 5.27. The number of nitrogens with one attached hydrogen (secondary N) is 2. The molecule has 1 atom stereocenters. The molecule has 0 fully saturated rings. The van der Waals surface area contributed by atoms with E-state index in [1.807, 2.05) is 6.92 Å². The van der Waals surface area contributed by atoms with Crippen molar-refractivity contribution in [2.45, 2.75) is 46.1 Å². The minimum absolute atomic E-state index is 0.0736. The van der Waals surface area contributed by atoms with Crippen LogP contribution in [0.2, 0.25) is 5.15 Å². The first-order chi connectivity index (χ1) is 15.5. The second kappa shape index (κ2) is 9.65. The number of rotatable bonds is 7. The SMILES string of the molecule is CCc1sc(-c2cc(O[C@@H](C)C(F)(F)F)c(C(=O)Nc3c(Cl)n[nH]c3C)cc2F)nc1CO. The molecule has 0 bridgehead atoms. The smallest absolute Gasteiger partial charge is 0.425 e. The number of carbonyl (C=O) groups excluding carboxylic acids is 1. The number of benzene rings is 1. The van der Waals surface area contributed by atoms with Crippen molar-refractivity contribution < 1.29 is 32.2 Å². The molecule has 3 rings (SSSR count). The van der Waals surface area contributed by atoms with Gasteiger partial charge in [-0.15, -0.1) is 11.3 Å². The van der Waals surface area contributed by atoms with Gasteiger partial charge in [-0.3, -0.25) is 9.89 Å². The van der Waals surface area contributed by atoms with Gasteiger partial charge in [-0.05, 0) is 32.4 Å². The van der Waals surface area contributed by atoms with E-state index in [0.717, 1.165) is 30.4 Å². The topological polar surface area (TPSA) is 100 Å². The number of H-pyrrole nitrogens is 1. The van der Waals surface area contributed by atoms with Gasteiger partial charge in [0.25, 0.3) is 5.91 Å². The van der Waals surface area contributed by atoms with Crippen molar-refractivity contribution in [3.8, 4) is 16.3 Å². The lowest BCUT2D eigenvalue weighted by Crippen LogP contribution is -2.32. The van der Waals surface area contributed by atoms with E-state index in [0.29, 0.717) is 22.7 Å². The van der Waals surface area contributed by atoms with Gasteiger partial charge in [-0.25, -0.2) is 9.37 Å². The summed E-state index contributed by atoms with van der Waals surface area (Å²) in [5, 5.41) is 18.2. The fraction of sp³-hybridized carbons (Fsp3) is 0.350. The third-order valence-electron chi connectivity index (χ3n) is 4.70. The van der Waals surface area contributed by atoms with Crippen LogP contribution in [0.15, 0.2) is 12.1 Å². The van der Waals surface area contributed by atoms with E-state index in [1.54, 1.807) is 6.92 Å². The van der Waals surface area contributed by atoms with Gasteiger partial charge < -0.3 is 15.2 Å². The molecule has 1 amide bonds. The molecule has 3 N–H and O–H groups in total. The summed E-state index contributed by atoms with van der Waals surface area (Å²) in [6.45, 7) is 3.78. The molecule has 0 radical (unpaired) electrons. The van der Waals surface area contributed by atoms with E-state index >= 15 is 4.39 Å². The summed E-state index contributed by atoms with van der Waals surface area (Å²) in [6, 6.07) is 1.77. The summed E-state index contributed by atoms with van der Waals surface area (Å²) in [5.41, 5.74) is 0.200. The van der Waals surface area contributed by atoms with Crippen molar-refractivity contribution in [2.24, 2.45) is 0 Å². The number of aliphatic hydroxyl groups is 1. The van der Waals surface area contributed by atoms with E-state index in [1.165, 1.54) is 0 Å². The van der Waals surface area contributed by atoms with Crippen LogP contribution in [0.4, 0.5) is 23.2 Å². The van der Waals surface area contributed by atoms with Crippen molar-refractivity contribution >= 4 is 34.5 Å². The van der Waals surface area contributed by atoms with Gasteiger partial charge in [0.1, 0.15) is 22.3 Å². The minimum Gasteiger partial charge on any atom is -0.480 e. The molecule has 178 valence electrons. The fourth-order valence-electron chi connectivity index (χ4n) is 2.87. The molecule has 0 aliphatic heterocycles. The predicted molar refractivity (Wildman–Crippen MR) is 115 cm³/mol. The zero-order valence-electron chi connectivity index (χ0n) is 17.6. The molecule has 2 heterocycles. The zero-order chi connectivity index (χ0) is 24.5. The number of thiazole rings is 1. The number of aryl methyl sites for hydroxylation is 2. The average molecular weight is 507 g/mol. The molecular formula is C20H19ClF4N4O3S. The number of amides is 1. The maximum absolute atomic E-state index is 15.0. The van der Waals surface area contributed by atoms with E-state index in [2.05, 4.69) is 20.5 Å². The van der Waals surface area contributed by atoms with Crippen molar-refractivity contribution in [1.82, 2.24) is 15.2 Å². The first-order valence-electron chi connectivity index (χ1n) is 9.64. The Morgan fingerprint density at radius 1 is 1.39 bits per heavy atom. The molecule has 0 aliphatic carbocycles. The third-order valence-corrected chi connectivity index (χ3v) is 6.25. The molecule has 0 saturated carbocycles. The molecule has 0 spiro atoms. The Kier molecular flexibility index (Phi) is 7.29. The van der Waals surface area contributed by atoms with Gasteiger partial charge in [-0.1, -0.05) is 18.5 Å². The van der Waals surface area contributed by atoms with Crippen LogP contribution in [-0.2, 0) is 13.0 Å². The number of carbonyl (C=O) groups is 1. The number of aliphatic hydroxyl groups excluding tert-OH is 1. The number of aromatic nitrogens is 3.